The monoisotopic (exact) mass is 418 g/mol. The smallest absolute Gasteiger partial charge is 0.409 e. The number of hydrogen-bond donors (Lipinski definition) is 2. The molecule has 1 heterocycles. The topological polar surface area (TPSA) is 75.3 Å². The van der Waals surface area contributed by atoms with Crippen LogP contribution in [0.5, 0.6) is 0 Å². The van der Waals surface area contributed by atoms with E-state index in [-0.39, 0.29) is 24.1 Å². The zero-order chi connectivity index (χ0) is 21.9. The lowest BCUT2D eigenvalue weighted by Gasteiger charge is -2.31. The third-order valence-corrected chi connectivity index (χ3v) is 5.85. The zero-order valence-corrected chi connectivity index (χ0v) is 19.2. The van der Waals surface area contributed by atoms with E-state index in [4.69, 9.17) is 4.74 Å². The molecular weight excluding hydrogens is 378 g/mol. The predicted molar refractivity (Wildman–Crippen MR) is 119 cm³/mol. The lowest BCUT2D eigenvalue weighted by Crippen LogP contribution is -2.88. The highest BCUT2D eigenvalue weighted by atomic mass is 16.6. The van der Waals surface area contributed by atoms with E-state index in [9.17, 15) is 9.59 Å². The first kappa shape index (κ1) is 24.2. The van der Waals surface area contributed by atoms with Crippen molar-refractivity contribution in [1.29, 1.82) is 0 Å². The largest absolute Gasteiger partial charge is 0.450 e. The first-order valence-electron chi connectivity index (χ1n) is 11.6. The van der Waals surface area contributed by atoms with Crippen molar-refractivity contribution in [3.05, 3.63) is 35.4 Å². The minimum absolute atomic E-state index is 0.0646. The number of likely N-dealkylation sites (tertiary alicyclic amines) is 1. The van der Waals surface area contributed by atoms with Crippen molar-refractivity contribution in [2.45, 2.75) is 71.9 Å². The number of ether oxygens (including phenoxy) is 1. The molecule has 0 spiro atoms. The summed E-state index contributed by atoms with van der Waals surface area (Å²) in [6, 6.07) is 9.29. The molecule has 1 aromatic rings. The van der Waals surface area contributed by atoms with Crippen LogP contribution in [0, 0.1) is 5.92 Å². The fraction of sp³-hybridized carbons (Fsp3) is 0.667. The van der Waals surface area contributed by atoms with Gasteiger partial charge in [0.25, 0.3) is 5.91 Å². The summed E-state index contributed by atoms with van der Waals surface area (Å²) in [4.78, 5) is 26.0. The van der Waals surface area contributed by atoms with Crippen LogP contribution >= 0.6 is 0 Å². The van der Waals surface area contributed by atoms with Crippen molar-refractivity contribution in [3.8, 4) is 0 Å². The van der Waals surface area contributed by atoms with E-state index < -0.39 is 0 Å². The number of unbranched alkanes of at least 4 members (excludes halogenated alkanes) is 1. The second-order valence-corrected chi connectivity index (χ2v) is 8.58. The number of amides is 2. The molecule has 168 valence electrons. The summed E-state index contributed by atoms with van der Waals surface area (Å²) in [5.41, 5.74) is 2.66. The Bertz CT molecular complexity index is 652. The zero-order valence-electron chi connectivity index (χ0n) is 19.2. The van der Waals surface area contributed by atoms with E-state index in [1.807, 2.05) is 6.92 Å². The number of carbonyl (C=O) groups excluding carboxylic acids is 2. The number of piperidine rings is 1. The maximum absolute atomic E-state index is 12.5. The maximum Gasteiger partial charge on any atom is 0.409 e. The molecule has 2 amide bonds. The number of quaternary nitrogens is 1. The van der Waals surface area contributed by atoms with Gasteiger partial charge in [-0.2, -0.15) is 0 Å². The number of carbonyl (C=O) groups is 2. The lowest BCUT2D eigenvalue weighted by atomic mass is 9.94. The van der Waals surface area contributed by atoms with E-state index in [0.29, 0.717) is 32.2 Å². The van der Waals surface area contributed by atoms with Crippen molar-refractivity contribution < 1.29 is 19.6 Å². The van der Waals surface area contributed by atoms with Gasteiger partial charge in [0.2, 0.25) is 0 Å². The Kier molecular flexibility index (Phi) is 10.1. The van der Waals surface area contributed by atoms with E-state index in [2.05, 4.69) is 55.7 Å². The summed E-state index contributed by atoms with van der Waals surface area (Å²) in [6.07, 6.45) is 4.86. The molecule has 0 aliphatic carbocycles. The minimum Gasteiger partial charge on any atom is -0.450 e. The molecule has 2 rings (SSSR count). The van der Waals surface area contributed by atoms with E-state index >= 15 is 0 Å². The molecule has 0 radical (unpaired) electrons. The van der Waals surface area contributed by atoms with Gasteiger partial charge in [0.05, 0.1) is 6.61 Å². The fourth-order valence-corrected chi connectivity index (χ4v) is 4.02. The third kappa shape index (κ3) is 7.63. The van der Waals surface area contributed by atoms with Crippen LogP contribution in [0.25, 0.3) is 0 Å². The van der Waals surface area contributed by atoms with Crippen molar-refractivity contribution in [1.82, 2.24) is 10.2 Å². The Morgan fingerprint density at radius 1 is 1.17 bits per heavy atom. The molecule has 1 saturated heterocycles. The van der Waals surface area contributed by atoms with Gasteiger partial charge in [-0.3, -0.25) is 4.79 Å². The Morgan fingerprint density at radius 3 is 2.40 bits per heavy atom. The Morgan fingerprint density at radius 2 is 1.83 bits per heavy atom. The van der Waals surface area contributed by atoms with Crippen LogP contribution in [0.1, 0.15) is 70.5 Å². The highest BCUT2D eigenvalue weighted by Gasteiger charge is 2.26. The van der Waals surface area contributed by atoms with Crippen LogP contribution in [0.15, 0.2) is 24.3 Å². The number of nitrogens with zero attached hydrogens (tertiary/aromatic N) is 1. The van der Waals surface area contributed by atoms with Crippen LogP contribution in [0.4, 0.5) is 4.79 Å². The van der Waals surface area contributed by atoms with Crippen LogP contribution in [0.2, 0.25) is 0 Å². The summed E-state index contributed by atoms with van der Waals surface area (Å²) in [7, 11) is 0. The Balaban J connectivity index is 1.79. The maximum atomic E-state index is 12.5. The highest BCUT2D eigenvalue weighted by molar-refractivity contribution is 5.77. The second kappa shape index (κ2) is 12.6. The predicted octanol–water partition coefficient (Wildman–Crippen LogP) is 3.03. The summed E-state index contributed by atoms with van der Waals surface area (Å²) in [5.74, 6) is 0.502. The Hall–Kier alpha value is -2.08. The molecule has 0 bridgehead atoms. The average Bonchev–Trinajstić information content (AvgIpc) is 2.73. The number of rotatable bonds is 10. The standard InChI is InChI=1S/C24H39N3O3/c1-5-7-8-19-9-11-20(12-10-19)23(18(3)4)25-17-22(28)26-21-13-15-27(16-14-21)24(29)30-6-2/h9-12,18,21,23,25H,5-8,13-17H2,1-4H3,(H,26,28)/p+1/t23-/m1/s1. The van der Waals surface area contributed by atoms with Crippen molar-refractivity contribution in [2.75, 3.05) is 26.2 Å². The molecule has 1 aromatic carbocycles. The van der Waals surface area contributed by atoms with Gasteiger partial charge in [-0.1, -0.05) is 51.5 Å². The number of nitrogens with one attached hydrogen (secondary N) is 1. The van der Waals surface area contributed by atoms with Crippen LogP contribution in [0.3, 0.4) is 0 Å². The summed E-state index contributed by atoms with van der Waals surface area (Å²) in [5, 5.41) is 5.29. The Labute approximate surface area is 181 Å². The lowest BCUT2D eigenvalue weighted by molar-refractivity contribution is -0.692. The van der Waals surface area contributed by atoms with Gasteiger partial charge in [-0.05, 0) is 38.2 Å². The number of benzene rings is 1. The summed E-state index contributed by atoms with van der Waals surface area (Å²) < 4.78 is 5.05. The molecule has 1 atom stereocenters. The molecule has 1 fully saturated rings. The molecule has 0 unspecified atom stereocenters. The van der Waals surface area contributed by atoms with Gasteiger partial charge in [0, 0.05) is 30.6 Å². The van der Waals surface area contributed by atoms with Gasteiger partial charge in [0.1, 0.15) is 6.04 Å². The number of nitrogens with two attached hydrogens (primary N) is 1. The molecule has 0 saturated carbocycles. The van der Waals surface area contributed by atoms with Crippen LogP contribution in [-0.4, -0.2) is 49.2 Å². The van der Waals surface area contributed by atoms with Gasteiger partial charge < -0.3 is 20.3 Å². The van der Waals surface area contributed by atoms with Crippen molar-refractivity contribution in [3.63, 3.8) is 0 Å². The van der Waals surface area contributed by atoms with Gasteiger partial charge >= 0.3 is 6.09 Å². The molecule has 1 aliphatic heterocycles. The first-order valence-corrected chi connectivity index (χ1v) is 11.6. The third-order valence-electron chi connectivity index (χ3n) is 5.85. The summed E-state index contributed by atoms with van der Waals surface area (Å²) in [6.45, 7) is 10.5. The SMILES string of the molecule is CCCCc1ccc([C@H]([NH2+]CC(=O)NC2CCN(C(=O)OCC)CC2)C(C)C)cc1. The van der Waals surface area contributed by atoms with E-state index in [1.54, 1.807) is 4.90 Å². The van der Waals surface area contributed by atoms with Crippen molar-refractivity contribution in [2.24, 2.45) is 5.92 Å². The molecule has 6 nitrogen and oxygen atoms in total. The number of hydrogen-bond acceptors (Lipinski definition) is 3. The second-order valence-electron chi connectivity index (χ2n) is 8.58. The molecule has 6 heteroatoms. The van der Waals surface area contributed by atoms with E-state index in [0.717, 1.165) is 19.3 Å². The van der Waals surface area contributed by atoms with Gasteiger partial charge in [0.15, 0.2) is 6.54 Å². The normalized spacial score (nSPS) is 15.8. The first-order chi connectivity index (χ1) is 14.4. The van der Waals surface area contributed by atoms with Gasteiger partial charge in [-0.25, -0.2) is 4.79 Å². The summed E-state index contributed by atoms with van der Waals surface area (Å²) >= 11 is 0. The number of aryl methyl sites for hydroxylation is 1. The quantitative estimate of drug-likeness (QED) is 0.613. The van der Waals surface area contributed by atoms with Gasteiger partial charge in [-0.15, -0.1) is 0 Å². The van der Waals surface area contributed by atoms with Crippen LogP contribution in [-0.2, 0) is 16.0 Å². The average molecular weight is 419 g/mol. The molecule has 30 heavy (non-hydrogen) atoms. The molecule has 3 N–H and O–H groups in total. The molecule has 0 aromatic heterocycles. The van der Waals surface area contributed by atoms with Crippen LogP contribution < -0.4 is 10.6 Å². The van der Waals surface area contributed by atoms with Crippen molar-refractivity contribution >= 4 is 12.0 Å². The van der Waals surface area contributed by atoms with E-state index in [1.165, 1.54) is 24.0 Å². The highest BCUT2D eigenvalue weighted by Crippen LogP contribution is 2.19. The molecular formula is C24H40N3O3+. The minimum atomic E-state index is -0.254. The fourth-order valence-electron chi connectivity index (χ4n) is 4.02. The molecule has 1 aliphatic rings.